The Labute approximate surface area is 267 Å². The monoisotopic (exact) mass is 606 g/mol. The van der Waals surface area contributed by atoms with E-state index in [0.29, 0.717) is 24.4 Å². The lowest BCUT2D eigenvalue weighted by molar-refractivity contribution is -0.139. The number of para-hydroxylation sites is 2. The standard InChI is InChI=1S/C40H34N2O4/c1-45-32-20-8-6-14-27(32)22-28-23-42-24-38(37(28)43)35(29-17-7-9-21-33(29)46-2)36(26-12-4-3-5-13-26)41-39(38)30-18-10-15-25-16-11-19-31(34(25)30)40(39,42)44/h3-22,35-36,41,44H,23-24H2,1-2H3/b28-22+/t35-,36-,38+,39-,40-/m0/s1. The number of methoxy groups -OCH3 is 2. The first-order valence-corrected chi connectivity index (χ1v) is 15.8. The van der Waals surface area contributed by atoms with Gasteiger partial charge in [0.25, 0.3) is 0 Å². The van der Waals surface area contributed by atoms with Gasteiger partial charge >= 0.3 is 0 Å². The summed E-state index contributed by atoms with van der Waals surface area (Å²) in [5, 5.41) is 19.7. The third-order valence-electron chi connectivity index (χ3n) is 11.2. The van der Waals surface area contributed by atoms with Crippen LogP contribution in [0.15, 0.2) is 121 Å². The molecule has 5 aromatic rings. The Balaban J connectivity index is 1.40. The third kappa shape index (κ3) is 3.14. The molecular formula is C40H34N2O4. The molecule has 0 amide bonds. The van der Waals surface area contributed by atoms with E-state index in [-0.39, 0.29) is 17.7 Å². The van der Waals surface area contributed by atoms with Crippen LogP contribution in [0.3, 0.4) is 0 Å². The summed E-state index contributed by atoms with van der Waals surface area (Å²) in [5.74, 6) is 1.09. The average molecular weight is 607 g/mol. The van der Waals surface area contributed by atoms with E-state index in [9.17, 15) is 5.11 Å². The van der Waals surface area contributed by atoms with Crippen LogP contribution in [0, 0.1) is 5.41 Å². The van der Waals surface area contributed by atoms with Gasteiger partial charge in [-0.2, -0.15) is 0 Å². The Morgan fingerprint density at radius 3 is 2.24 bits per heavy atom. The van der Waals surface area contributed by atoms with E-state index in [1.807, 2.05) is 78.9 Å². The maximum Gasteiger partial charge on any atom is 0.170 e. The van der Waals surface area contributed by atoms with E-state index in [2.05, 4.69) is 52.7 Å². The quantitative estimate of drug-likeness (QED) is 0.229. The minimum Gasteiger partial charge on any atom is -0.496 e. The van der Waals surface area contributed by atoms with Gasteiger partial charge in [0.2, 0.25) is 0 Å². The normalized spacial score (nSPS) is 31.2. The molecule has 46 heavy (non-hydrogen) atoms. The molecule has 9 rings (SSSR count). The topological polar surface area (TPSA) is 71.0 Å². The summed E-state index contributed by atoms with van der Waals surface area (Å²) in [6.45, 7) is 0.687. The second kappa shape index (κ2) is 9.63. The molecule has 0 saturated carbocycles. The number of benzene rings is 5. The number of nitrogens with one attached hydrogen (secondary N) is 1. The maximum absolute atomic E-state index is 15.8. The molecule has 6 heteroatoms. The van der Waals surface area contributed by atoms with Crippen molar-refractivity contribution in [3.8, 4) is 11.5 Å². The van der Waals surface area contributed by atoms with Crippen LogP contribution in [0.1, 0.15) is 39.8 Å². The Hall–Kier alpha value is -4.75. The minimum absolute atomic E-state index is 0.0391. The zero-order valence-electron chi connectivity index (χ0n) is 25.7. The lowest BCUT2D eigenvalue weighted by atomic mass is 9.56. The van der Waals surface area contributed by atoms with Crippen molar-refractivity contribution in [1.82, 2.24) is 10.2 Å². The number of ketones is 1. The van der Waals surface area contributed by atoms with Crippen molar-refractivity contribution in [2.45, 2.75) is 23.2 Å². The van der Waals surface area contributed by atoms with Crippen molar-refractivity contribution in [1.29, 1.82) is 0 Å². The van der Waals surface area contributed by atoms with Gasteiger partial charge in [-0.25, -0.2) is 0 Å². The summed E-state index contributed by atoms with van der Waals surface area (Å²) < 4.78 is 11.7. The molecule has 3 saturated heterocycles. The van der Waals surface area contributed by atoms with Crippen LogP contribution in [0.25, 0.3) is 16.8 Å². The summed E-state index contributed by atoms with van der Waals surface area (Å²) in [6, 6.07) is 38.3. The number of fused-ring (bicyclic) bond motifs is 3. The van der Waals surface area contributed by atoms with Gasteiger partial charge in [0, 0.05) is 47.3 Å². The molecule has 4 aliphatic rings. The number of nitrogens with zero attached hydrogens (tertiary/aromatic N) is 1. The summed E-state index contributed by atoms with van der Waals surface area (Å²) in [5.41, 5.74) is 1.55. The molecule has 3 fully saturated rings. The number of aliphatic hydroxyl groups is 1. The molecule has 6 nitrogen and oxygen atoms in total. The number of Topliss-reactive ketones (excluding diaryl/α,β-unsaturated/α-hetero) is 1. The number of hydrogen-bond acceptors (Lipinski definition) is 6. The van der Waals surface area contributed by atoms with Gasteiger partial charge in [-0.1, -0.05) is 103 Å². The molecule has 1 unspecified atom stereocenters. The van der Waals surface area contributed by atoms with E-state index in [1.54, 1.807) is 14.2 Å². The number of piperidine rings is 1. The number of ether oxygens (including phenoxy) is 2. The van der Waals surface area contributed by atoms with Gasteiger partial charge < -0.3 is 14.6 Å². The number of rotatable bonds is 5. The lowest BCUT2D eigenvalue weighted by Gasteiger charge is -2.44. The Morgan fingerprint density at radius 1 is 0.804 bits per heavy atom. The van der Waals surface area contributed by atoms with Crippen LogP contribution in [-0.2, 0) is 16.1 Å². The van der Waals surface area contributed by atoms with Gasteiger partial charge in [-0.3, -0.25) is 15.0 Å². The molecule has 2 N–H and O–H groups in total. The smallest absolute Gasteiger partial charge is 0.170 e. The van der Waals surface area contributed by atoms with Gasteiger partial charge in [-0.15, -0.1) is 0 Å². The van der Waals surface area contributed by atoms with E-state index < -0.39 is 16.7 Å². The molecule has 2 bridgehead atoms. The minimum atomic E-state index is -1.49. The summed E-state index contributed by atoms with van der Waals surface area (Å²) in [4.78, 5) is 17.9. The zero-order valence-corrected chi connectivity index (χ0v) is 25.7. The van der Waals surface area contributed by atoms with Crippen LogP contribution in [0.5, 0.6) is 11.5 Å². The predicted molar refractivity (Wildman–Crippen MR) is 178 cm³/mol. The molecule has 228 valence electrons. The molecule has 1 aliphatic carbocycles. The van der Waals surface area contributed by atoms with Gasteiger partial charge in [0.05, 0.1) is 19.6 Å². The second-order valence-electron chi connectivity index (χ2n) is 13.0. The maximum atomic E-state index is 15.8. The first kappa shape index (κ1) is 27.6. The van der Waals surface area contributed by atoms with Crippen molar-refractivity contribution >= 4 is 22.6 Å². The van der Waals surface area contributed by atoms with Crippen molar-refractivity contribution in [2.24, 2.45) is 5.41 Å². The Morgan fingerprint density at radius 2 is 1.48 bits per heavy atom. The van der Waals surface area contributed by atoms with Crippen molar-refractivity contribution < 1.29 is 19.4 Å². The van der Waals surface area contributed by atoms with Gasteiger partial charge in [0.1, 0.15) is 17.0 Å². The van der Waals surface area contributed by atoms with Crippen molar-refractivity contribution in [3.05, 3.63) is 149 Å². The fourth-order valence-electron chi connectivity index (χ4n) is 9.57. The molecular weight excluding hydrogens is 572 g/mol. The number of carbonyl (C=O) groups is 1. The van der Waals surface area contributed by atoms with Gasteiger partial charge in [0.15, 0.2) is 11.5 Å². The Kier molecular flexibility index (Phi) is 5.77. The predicted octanol–water partition coefficient (Wildman–Crippen LogP) is 6.31. The summed E-state index contributed by atoms with van der Waals surface area (Å²) in [7, 11) is 3.33. The molecule has 2 spiro atoms. The van der Waals surface area contributed by atoms with Gasteiger partial charge in [-0.05, 0) is 40.1 Å². The average Bonchev–Trinajstić information content (AvgIpc) is 3.60. The third-order valence-corrected chi connectivity index (χ3v) is 11.2. The fraction of sp³-hybridized carbons (Fsp3) is 0.225. The first-order valence-electron chi connectivity index (χ1n) is 15.8. The summed E-state index contributed by atoms with van der Waals surface area (Å²) in [6.07, 6.45) is 1.97. The van der Waals surface area contributed by atoms with Crippen molar-refractivity contribution in [2.75, 3.05) is 27.3 Å². The van der Waals surface area contributed by atoms with E-state index >= 15 is 4.79 Å². The molecule has 3 aliphatic heterocycles. The molecule has 3 heterocycles. The molecule has 6 atom stereocenters. The molecule has 0 aromatic heterocycles. The molecule has 5 aromatic carbocycles. The lowest BCUT2D eigenvalue weighted by Crippen LogP contribution is -2.59. The highest BCUT2D eigenvalue weighted by Gasteiger charge is 2.85. The molecule has 0 radical (unpaired) electrons. The highest BCUT2D eigenvalue weighted by atomic mass is 16.5. The second-order valence-corrected chi connectivity index (χ2v) is 13.0. The van der Waals surface area contributed by atoms with E-state index in [4.69, 9.17) is 9.47 Å². The first-order chi connectivity index (χ1) is 22.5. The van der Waals surface area contributed by atoms with Crippen LogP contribution in [-0.4, -0.2) is 43.1 Å². The van der Waals surface area contributed by atoms with Crippen LogP contribution >= 0.6 is 0 Å². The zero-order chi connectivity index (χ0) is 31.3. The highest BCUT2D eigenvalue weighted by molar-refractivity contribution is 6.10. The van der Waals surface area contributed by atoms with Crippen molar-refractivity contribution in [3.63, 3.8) is 0 Å². The Bertz CT molecular complexity index is 2090. The highest BCUT2D eigenvalue weighted by Crippen LogP contribution is 2.76. The SMILES string of the molecule is COc1ccccc1/C=C1\CN2C[C@]3(C1=O)[C@@H](c1ccccc1OC)[C@H](c1ccccc1)N[C@@]31c3cccc4cccc(c34)[C@@]21O. The fourth-order valence-corrected chi connectivity index (χ4v) is 9.57. The van der Waals surface area contributed by atoms with E-state index in [1.165, 1.54) is 0 Å². The largest absolute Gasteiger partial charge is 0.496 e. The number of carbonyl (C=O) groups excluding carboxylic acids is 1. The summed E-state index contributed by atoms with van der Waals surface area (Å²) >= 11 is 0. The van der Waals surface area contributed by atoms with Crippen LogP contribution < -0.4 is 14.8 Å². The van der Waals surface area contributed by atoms with E-state index in [0.717, 1.165) is 44.3 Å². The number of hydrogen-bond donors (Lipinski definition) is 2. The van der Waals surface area contributed by atoms with Crippen LogP contribution in [0.4, 0.5) is 0 Å². The van der Waals surface area contributed by atoms with Crippen LogP contribution in [0.2, 0.25) is 0 Å².